The molecule has 0 saturated carbocycles. The number of nitrogens with two attached hydrogens (primary N) is 1. The van der Waals surface area contributed by atoms with Crippen LogP contribution in [0.2, 0.25) is 0 Å². The zero-order chi connectivity index (χ0) is 10.4. The number of hydrogen-bond donors (Lipinski definition) is 1. The first-order chi connectivity index (χ1) is 6.75. The van der Waals surface area contributed by atoms with Gasteiger partial charge in [0.15, 0.2) is 0 Å². The summed E-state index contributed by atoms with van der Waals surface area (Å²) in [6, 6.07) is -0.242. The van der Waals surface area contributed by atoms with E-state index in [0.29, 0.717) is 0 Å². The van der Waals surface area contributed by atoms with Gasteiger partial charge in [0.05, 0.1) is 6.04 Å². The molecule has 1 amide bonds. The molecule has 0 aliphatic carbocycles. The standard InChI is InChI=1S/C10H20N2O2/c1-14-8-4-2-3-6-12-7-5-9(11)10(12)13/h9H,2-8,11H2,1H3. The van der Waals surface area contributed by atoms with E-state index < -0.39 is 0 Å². The summed E-state index contributed by atoms with van der Waals surface area (Å²) in [5.74, 6) is 0.122. The molecule has 14 heavy (non-hydrogen) atoms. The summed E-state index contributed by atoms with van der Waals surface area (Å²) in [5.41, 5.74) is 5.61. The monoisotopic (exact) mass is 200 g/mol. The molecule has 0 radical (unpaired) electrons. The lowest BCUT2D eigenvalue weighted by Gasteiger charge is -2.15. The Morgan fingerprint density at radius 2 is 2.29 bits per heavy atom. The van der Waals surface area contributed by atoms with Crippen molar-refractivity contribution < 1.29 is 9.53 Å². The third-order valence-electron chi connectivity index (χ3n) is 2.62. The Labute approximate surface area is 85.4 Å². The van der Waals surface area contributed by atoms with Gasteiger partial charge in [0, 0.05) is 26.8 Å². The number of nitrogens with zero attached hydrogens (tertiary/aromatic N) is 1. The fraction of sp³-hybridized carbons (Fsp3) is 0.900. The molecule has 4 nitrogen and oxygen atoms in total. The molecular weight excluding hydrogens is 180 g/mol. The highest BCUT2D eigenvalue weighted by Crippen LogP contribution is 2.10. The summed E-state index contributed by atoms with van der Waals surface area (Å²) in [4.78, 5) is 13.3. The summed E-state index contributed by atoms with van der Waals surface area (Å²) in [6.07, 6.45) is 4.07. The van der Waals surface area contributed by atoms with Gasteiger partial charge in [-0.05, 0) is 25.7 Å². The molecule has 0 aromatic carbocycles. The SMILES string of the molecule is COCCCCCN1CCC(N)C1=O. The minimum Gasteiger partial charge on any atom is -0.385 e. The largest absolute Gasteiger partial charge is 0.385 e. The zero-order valence-electron chi connectivity index (χ0n) is 8.87. The molecule has 0 spiro atoms. The minimum atomic E-state index is -0.242. The van der Waals surface area contributed by atoms with E-state index in [9.17, 15) is 4.79 Å². The summed E-state index contributed by atoms with van der Waals surface area (Å²) in [6.45, 7) is 2.51. The van der Waals surface area contributed by atoms with E-state index >= 15 is 0 Å². The van der Waals surface area contributed by atoms with Crippen LogP contribution in [0.25, 0.3) is 0 Å². The first-order valence-electron chi connectivity index (χ1n) is 5.29. The zero-order valence-corrected chi connectivity index (χ0v) is 8.87. The molecule has 1 saturated heterocycles. The van der Waals surface area contributed by atoms with Crippen molar-refractivity contribution in [2.24, 2.45) is 5.73 Å². The van der Waals surface area contributed by atoms with Crippen LogP contribution < -0.4 is 5.73 Å². The molecule has 1 unspecified atom stereocenters. The Balaban J connectivity index is 2.04. The number of methoxy groups -OCH3 is 1. The highest BCUT2D eigenvalue weighted by atomic mass is 16.5. The van der Waals surface area contributed by atoms with Crippen molar-refractivity contribution >= 4 is 5.91 Å². The topological polar surface area (TPSA) is 55.6 Å². The molecule has 0 aromatic heterocycles. The normalized spacial score (nSPS) is 22.0. The van der Waals surface area contributed by atoms with Crippen molar-refractivity contribution in [2.75, 3.05) is 26.8 Å². The highest BCUT2D eigenvalue weighted by Gasteiger charge is 2.27. The van der Waals surface area contributed by atoms with E-state index in [-0.39, 0.29) is 11.9 Å². The average molecular weight is 200 g/mol. The summed E-state index contributed by atoms with van der Waals surface area (Å²) in [5, 5.41) is 0. The highest BCUT2D eigenvalue weighted by molar-refractivity contribution is 5.83. The lowest BCUT2D eigenvalue weighted by atomic mass is 10.2. The maximum Gasteiger partial charge on any atom is 0.239 e. The first kappa shape index (κ1) is 11.5. The van der Waals surface area contributed by atoms with Gasteiger partial charge in [-0.2, -0.15) is 0 Å². The van der Waals surface area contributed by atoms with Crippen LogP contribution in [-0.4, -0.2) is 43.7 Å². The van der Waals surface area contributed by atoms with Crippen LogP contribution in [0.4, 0.5) is 0 Å². The van der Waals surface area contributed by atoms with Crippen LogP contribution in [-0.2, 0) is 9.53 Å². The second-order valence-electron chi connectivity index (χ2n) is 3.77. The van der Waals surface area contributed by atoms with Gasteiger partial charge in [-0.1, -0.05) is 0 Å². The van der Waals surface area contributed by atoms with Gasteiger partial charge in [-0.25, -0.2) is 0 Å². The lowest BCUT2D eigenvalue weighted by molar-refractivity contribution is -0.128. The fourth-order valence-corrected chi connectivity index (χ4v) is 1.71. The van der Waals surface area contributed by atoms with Crippen LogP contribution in [0.15, 0.2) is 0 Å². The van der Waals surface area contributed by atoms with Gasteiger partial charge < -0.3 is 15.4 Å². The fourth-order valence-electron chi connectivity index (χ4n) is 1.71. The van der Waals surface area contributed by atoms with Crippen LogP contribution >= 0.6 is 0 Å². The van der Waals surface area contributed by atoms with Gasteiger partial charge >= 0.3 is 0 Å². The molecule has 82 valence electrons. The average Bonchev–Trinajstić information content (AvgIpc) is 2.49. The number of ether oxygens (including phenoxy) is 1. The lowest BCUT2D eigenvalue weighted by Crippen LogP contribution is -2.34. The maximum absolute atomic E-state index is 11.4. The van der Waals surface area contributed by atoms with Gasteiger partial charge in [0.25, 0.3) is 0 Å². The Hall–Kier alpha value is -0.610. The Morgan fingerprint density at radius 3 is 2.86 bits per heavy atom. The molecule has 1 heterocycles. The predicted octanol–water partition coefficient (Wildman–Crippen LogP) is 0.363. The van der Waals surface area contributed by atoms with Crippen molar-refractivity contribution in [3.05, 3.63) is 0 Å². The van der Waals surface area contributed by atoms with Gasteiger partial charge in [0.2, 0.25) is 5.91 Å². The molecule has 0 bridgehead atoms. The number of unbranched alkanes of at least 4 members (excludes halogenated alkanes) is 2. The van der Waals surface area contributed by atoms with E-state index in [0.717, 1.165) is 45.4 Å². The molecule has 1 aliphatic heterocycles. The van der Waals surface area contributed by atoms with Crippen molar-refractivity contribution in [3.8, 4) is 0 Å². The van der Waals surface area contributed by atoms with Gasteiger partial charge in [-0.15, -0.1) is 0 Å². The number of hydrogen-bond acceptors (Lipinski definition) is 3. The summed E-state index contributed by atoms with van der Waals surface area (Å²) < 4.78 is 4.95. The van der Waals surface area contributed by atoms with Crippen LogP contribution in [0.5, 0.6) is 0 Å². The first-order valence-corrected chi connectivity index (χ1v) is 5.29. The van der Waals surface area contributed by atoms with E-state index in [2.05, 4.69) is 0 Å². The number of carbonyl (C=O) groups excluding carboxylic acids is 1. The second kappa shape index (κ2) is 5.98. The molecule has 1 fully saturated rings. The van der Waals surface area contributed by atoms with Crippen molar-refractivity contribution in [3.63, 3.8) is 0 Å². The quantitative estimate of drug-likeness (QED) is 0.630. The Kier molecular flexibility index (Phi) is 4.90. The molecule has 1 aliphatic rings. The number of amides is 1. The third-order valence-corrected chi connectivity index (χ3v) is 2.62. The Bertz CT molecular complexity index is 185. The summed E-state index contributed by atoms with van der Waals surface area (Å²) >= 11 is 0. The molecular formula is C10H20N2O2. The number of rotatable bonds is 6. The van der Waals surface area contributed by atoms with E-state index in [1.807, 2.05) is 4.90 Å². The molecule has 1 atom stereocenters. The summed E-state index contributed by atoms with van der Waals surface area (Å²) in [7, 11) is 1.71. The molecule has 1 rings (SSSR count). The number of carbonyl (C=O) groups is 1. The van der Waals surface area contributed by atoms with Crippen molar-refractivity contribution in [2.45, 2.75) is 31.7 Å². The minimum absolute atomic E-state index is 0.122. The maximum atomic E-state index is 11.4. The predicted molar refractivity (Wildman–Crippen MR) is 54.9 cm³/mol. The third kappa shape index (κ3) is 3.27. The number of likely N-dealkylation sites (tertiary alicyclic amines) is 1. The molecule has 2 N–H and O–H groups in total. The van der Waals surface area contributed by atoms with Crippen LogP contribution in [0.1, 0.15) is 25.7 Å². The van der Waals surface area contributed by atoms with Crippen molar-refractivity contribution in [1.29, 1.82) is 0 Å². The van der Waals surface area contributed by atoms with Crippen molar-refractivity contribution in [1.82, 2.24) is 4.90 Å². The van der Waals surface area contributed by atoms with E-state index in [1.165, 1.54) is 0 Å². The second-order valence-corrected chi connectivity index (χ2v) is 3.77. The molecule has 0 aromatic rings. The Morgan fingerprint density at radius 1 is 1.50 bits per heavy atom. The van der Waals surface area contributed by atoms with E-state index in [1.54, 1.807) is 7.11 Å². The smallest absolute Gasteiger partial charge is 0.239 e. The van der Waals surface area contributed by atoms with E-state index in [4.69, 9.17) is 10.5 Å². The van der Waals surface area contributed by atoms with Gasteiger partial charge in [-0.3, -0.25) is 4.79 Å². The molecule has 4 heteroatoms. The van der Waals surface area contributed by atoms with Crippen LogP contribution in [0, 0.1) is 0 Å². The van der Waals surface area contributed by atoms with Gasteiger partial charge in [0.1, 0.15) is 0 Å². The van der Waals surface area contributed by atoms with Crippen LogP contribution in [0.3, 0.4) is 0 Å².